The van der Waals surface area contributed by atoms with Crippen LogP contribution in [0.4, 0.5) is 16.4 Å². The van der Waals surface area contributed by atoms with E-state index in [1.807, 2.05) is 0 Å². The number of ether oxygens (including phenoxy) is 2. The van der Waals surface area contributed by atoms with Gasteiger partial charge in [-0.25, -0.2) is 19.7 Å². The van der Waals surface area contributed by atoms with Gasteiger partial charge in [-0.1, -0.05) is 35.0 Å². The monoisotopic (exact) mass is 542 g/mol. The lowest BCUT2D eigenvalue weighted by Gasteiger charge is -2.39. The lowest BCUT2D eigenvalue weighted by atomic mass is 9.77. The topological polar surface area (TPSA) is 129 Å². The first-order valence-corrected chi connectivity index (χ1v) is 12.9. The molecule has 2 aromatic rings. The first kappa shape index (κ1) is 27.6. The highest BCUT2D eigenvalue weighted by atomic mass is 35.5. The van der Waals surface area contributed by atoms with Crippen molar-refractivity contribution in [2.45, 2.75) is 68.6 Å². The Morgan fingerprint density at radius 2 is 1.97 bits per heavy atom. The van der Waals surface area contributed by atoms with Crippen LogP contribution < -0.4 is 16.4 Å². The van der Waals surface area contributed by atoms with Crippen LogP contribution in [0.15, 0.2) is 28.4 Å². The number of nitrogens with zero attached hydrogens (tertiary/aromatic N) is 4. The van der Waals surface area contributed by atoms with E-state index in [9.17, 15) is 4.79 Å². The van der Waals surface area contributed by atoms with Gasteiger partial charge in [0.25, 0.3) is 0 Å². The number of halogens is 2. The smallest absolute Gasteiger partial charge is 0.405 e. The highest BCUT2D eigenvalue weighted by Crippen LogP contribution is 2.43. The molecule has 192 valence electrons. The van der Waals surface area contributed by atoms with Crippen LogP contribution in [0.5, 0.6) is 0 Å². The Kier molecular flexibility index (Phi) is 8.96. The summed E-state index contributed by atoms with van der Waals surface area (Å²) in [5.41, 5.74) is 10.3. The number of amides is 1. The molecule has 4 heterocycles. The average molecular weight is 544 g/mol. The third kappa shape index (κ3) is 7.73. The van der Waals surface area contributed by atoms with Gasteiger partial charge in [0, 0.05) is 24.2 Å². The van der Waals surface area contributed by atoms with Crippen molar-refractivity contribution in [3.05, 3.63) is 28.6 Å². The van der Waals surface area contributed by atoms with Gasteiger partial charge in [-0.05, 0) is 58.4 Å². The average Bonchev–Trinajstić information content (AvgIpc) is 3.11. The summed E-state index contributed by atoms with van der Waals surface area (Å²) in [7, 11) is 0. The molecule has 35 heavy (non-hydrogen) atoms. The first-order valence-electron chi connectivity index (χ1n) is 11.3. The summed E-state index contributed by atoms with van der Waals surface area (Å²) in [5, 5.41) is 1.49. The van der Waals surface area contributed by atoms with E-state index in [-0.39, 0.29) is 0 Å². The van der Waals surface area contributed by atoms with Crippen molar-refractivity contribution in [2.75, 3.05) is 30.3 Å². The quantitative estimate of drug-likeness (QED) is 0.537. The zero-order valence-electron chi connectivity index (χ0n) is 20.4. The molecule has 0 bridgehead atoms. The molecule has 2 aliphatic rings. The Bertz CT molecular complexity index is 1040. The summed E-state index contributed by atoms with van der Waals surface area (Å²) in [5.74, 6) is 1.04. The van der Waals surface area contributed by atoms with E-state index in [1.165, 1.54) is 11.8 Å². The van der Waals surface area contributed by atoms with Gasteiger partial charge in [-0.15, -0.1) is 0 Å². The third-order valence-corrected chi connectivity index (χ3v) is 7.44. The Hall–Kier alpha value is -2.01. The van der Waals surface area contributed by atoms with Crippen LogP contribution in [-0.4, -0.2) is 52.4 Å². The van der Waals surface area contributed by atoms with E-state index in [4.69, 9.17) is 39.4 Å². The summed E-state index contributed by atoms with van der Waals surface area (Å²) in [6.45, 7) is 10.1. The number of rotatable bonds is 3. The van der Waals surface area contributed by atoms with Crippen LogP contribution in [0.2, 0.25) is 10.2 Å². The maximum absolute atomic E-state index is 10.0. The highest BCUT2D eigenvalue weighted by molar-refractivity contribution is 7.99. The molecule has 0 saturated carbocycles. The van der Waals surface area contributed by atoms with Gasteiger partial charge in [0.05, 0.1) is 23.9 Å². The fourth-order valence-corrected chi connectivity index (χ4v) is 5.46. The lowest BCUT2D eigenvalue weighted by Crippen LogP contribution is -2.41. The van der Waals surface area contributed by atoms with Crippen LogP contribution in [0, 0.1) is 5.41 Å². The summed E-state index contributed by atoms with van der Waals surface area (Å²) >= 11 is 14.0. The van der Waals surface area contributed by atoms with Gasteiger partial charge < -0.3 is 25.8 Å². The van der Waals surface area contributed by atoms with E-state index in [2.05, 4.69) is 31.5 Å². The van der Waals surface area contributed by atoms with Gasteiger partial charge in [-0.2, -0.15) is 0 Å². The minimum Gasteiger partial charge on any atom is -0.444 e. The molecule has 2 fully saturated rings. The zero-order valence-corrected chi connectivity index (χ0v) is 22.7. The zero-order chi connectivity index (χ0) is 25.8. The standard InChI is InChI=1S/C18H21Cl2N5OS.C5H11NO2/c1-11-8-18(10-26-11)3-6-25(7-4-18)17-15(20)24-13(9-23-17)27-12-2-5-22-16(21)14(12)19;1-5(2,3)8-4(6)7/h2,5,9,11H,3-4,6-8,10H2,1H3,(H2,21,22);1-3H3,(H2,6,7)/t11-;/m0./s1. The van der Waals surface area contributed by atoms with E-state index >= 15 is 0 Å². The summed E-state index contributed by atoms with van der Waals surface area (Å²) in [6.07, 6.45) is 6.32. The largest absolute Gasteiger partial charge is 0.444 e. The van der Waals surface area contributed by atoms with Crippen LogP contribution in [-0.2, 0) is 9.47 Å². The molecule has 4 rings (SSSR count). The van der Waals surface area contributed by atoms with E-state index in [0.717, 1.165) is 49.7 Å². The van der Waals surface area contributed by atoms with Gasteiger partial charge in [0.2, 0.25) is 0 Å². The minimum absolute atomic E-state index is 0.296. The van der Waals surface area contributed by atoms with Crippen LogP contribution in [0.25, 0.3) is 0 Å². The number of primary amides is 1. The van der Waals surface area contributed by atoms with E-state index < -0.39 is 11.7 Å². The molecular weight excluding hydrogens is 511 g/mol. The van der Waals surface area contributed by atoms with Crippen molar-refractivity contribution >= 4 is 52.7 Å². The van der Waals surface area contributed by atoms with Gasteiger partial charge >= 0.3 is 6.09 Å². The molecule has 1 spiro atoms. The fourth-order valence-electron chi connectivity index (χ4n) is 4.13. The number of aromatic nitrogens is 3. The van der Waals surface area contributed by atoms with E-state index in [0.29, 0.717) is 32.5 Å². The van der Waals surface area contributed by atoms with Crippen molar-refractivity contribution in [3.63, 3.8) is 0 Å². The number of anilines is 2. The molecule has 1 amide bonds. The molecule has 9 nitrogen and oxygen atoms in total. The van der Waals surface area contributed by atoms with Crippen molar-refractivity contribution < 1.29 is 14.3 Å². The molecular formula is C23H32Cl2N6O3S. The van der Waals surface area contributed by atoms with Crippen molar-refractivity contribution in [3.8, 4) is 0 Å². The highest BCUT2D eigenvalue weighted by Gasteiger charge is 2.41. The Morgan fingerprint density at radius 3 is 2.49 bits per heavy atom. The molecule has 1 atom stereocenters. The molecule has 0 aliphatic carbocycles. The molecule has 2 saturated heterocycles. The Balaban J connectivity index is 0.000000371. The second kappa shape index (κ2) is 11.4. The number of carbonyl (C=O) groups excluding carboxylic acids is 1. The molecule has 12 heteroatoms. The minimum atomic E-state index is -0.725. The fraction of sp³-hybridized carbons (Fsp3) is 0.565. The number of piperidine rings is 1. The number of nitrogen functional groups attached to an aromatic ring is 1. The van der Waals surface area contributed by atoms with Gasteiger partial charge in [0.1, 0.15) is 16.4 Å². The number of hydrogen-bond acceptors (Lipinski definition) is 9. The lowest BCUT2D eigenvalue weighted by molar-refractivity contribution is 0.0600. The predicted molar refractivity (Wildman–Crippen MR) is 139 cm³/mol. The number of pyridine rings is 1. The molecule has 4 N–H and O–H groups in total. The third-order valence-electron chi connectivity index (χ3n) is 5.71. The number of nitrogens with two attached hydrogens (primary N) is 2. The van der Waals surface area contributed by atoms with Crippen LogP contribution in [0.3, 0.4) is 0 Å². The van der Waals surface area contributed by atoms with E-state index in [1.54, 1.807) is 39.2 Å². The second-order valence-electron chi connectivity index (χ2n) is 9.78. The van der Waals surface area contributed by atoms with Crippen LogP contribution in [0.1, 0.15) is 47.0 Å². The summed E-state index contributed by atoms with van der Waals surface area (Å²) < 4.78 is 10.4. The van der Waals surface area contributed by atoms with Gasteiger partial charge in [0.15, 0.2) is 11.0 Å². The first-order chi connectivity index (χ1) is 16.4. The number of hydrogen-bond donors (Lipinski definition) is 2. The number of carbonyl (C=O) groups is 1. The Morgan fingerprint density at radius 1 is 1.29 bits per heavy atom. The maximum Gasteiger partial charge on any atom is 0.405 e. The second-order valence-corrected chi connectivity index (χ2v) is 11.6. The van der Waals surface area contributed by atoms with Crippen molar-refractivity contribution in [1.29, 1.82) is 0 Å². The molecule has 0 aromatic carbocycles. The normalized spacial score (nSPS) is 19.3. The Labute approximate surface area is 220 Å². The SMILES string of the molecule is CC(C)(C)OC(N)=O.C[C@H]1CC2(CCN(c3ncc(Sc4ccnc(N)c4Cl)nc3Cl)CC2)CO1. The van der Waals surface area contributed by atoms with Crippen molar-refractivity contribution in [1.82, 2.24) is 15.0 Å². The van der Waals surface area contributed by atoms with Gasteiger partial charge in [-0.3, -0.25) is 0 Å². The predicted octanol–water partition coefficient (Wildman–Crippen LogP) is 5.19. The molecule has 0 radical (unpaired) electrons. The molecule has 0 unspecified atom stereocenters. The summed E-state index contributed by atoms with van der Waals surface area (Å²) in [4.78, 5) is 26.0. The van der Waals surface area contributed by atoms with Crippen LogP contribution >= 0.6 is 35.0 Å². The molecule has 2 aliphatic heterocycles. The van der Waals surface area contributed by atoms with Crippen molar-refractivity contribution in [2.24, 2.45) is 11.1 Å². The summed E-state index contributed by atoms with van der Waals surface area (Å²) in [6, 6.07) is 1.79. The maximum atomic E-state index is 10.0. The molecule has 2 aromatic heterocycles.